The predicted octanol–water partition coefficient (Wildman–Crippen LogP) is 1.14. The minimum absolute atomic E-state index is 0.00352. The molecule has 0 saturated heterocycles. The van der Waals surface area contributed by atoms with Crippen LogP contribution in [0.5, 0.6) is 0 Å². The van der Waals surface area contributed by atoms with E-state index in [4.69, 9.17) is 11.5 Å². The molecule has 0 aliphatic heterocycles. The molecule has 0 unspecified atom stereocenters. The molecule has 7 heteroatoms. The van der Waals surface area contributed by atoms with Gasteiger partial charge in [-0.25, -0.2) is 13.4 Å². The maximum absolute atomic E-state index is 12.1. The molecule has 0 amide bonds. The van der Waals surface area contributed by atoms with Crippen LogP contribution in [0.15, 0.2) is 39.4 Å². The number of benzene rings is 1. The van der Waals surface area contributed by atoms with Crippen LogP contribution >= 0.6 is 11.3 Å². The van der Waals surface area contributed by atoms with Crippen molar-refractivity contribution in [3.05, 3.63) is 30.3 Å². The summed E-state index contributed by atoms with van der Waals surface area (Å²) in [4.78, 5) is 3.88. The number of thiazole rings is 1. The molecule has 1 aromatic heterocycles. The molecule has 0 atom stereocenters. The summed E-state index contributed by atoms with van der Waals surface area (Å²) in [6.07, 6.45) is 0. The van der Waals surface area contributed by atoms with Crippen LogP contribution in [0.1, 0.15) is 0 Å². The van der Waals surface area contributed by atoms with Gasteiger partial charge in [0.05, 0.1) is 4.90 Å². The number of nitrogen functional groups attached to an aromatic ring is 2. The fourth-order valence-corrected chi connectivity index (χ4v) is 3.75. The van der Waals surface area contributed by atoms with Crippen molar-refractivity contribution >= 4 is 32.1 Å². The fourth-order valence-electron chi connectivity index (χ4n) is 1.23. The van der Waals surface area contributed by atoms with Crippen LogP contribution in [0, 0.1) is 0 Å². The van der Waals surface area contributed by atoms with E-state index in [0.29, 0.717) is 0 Å². The van der Waals surface area contributed by atoms with Gasteiger partial charge in [-0.15, -0.1) is 0 Å². The Morgan fingerprint density at radius 3 is 2.25 bits per heavy atom. The summed E-state index contributed by atoms with van der Waals surface area (Å²) in [6, 6.07) is 8.04. The Bertz CT molecular complexity index is 605. The maximum atomic E-state index is 12.1. The van der Waals surface area contributed by atoms with Crippen LogP contribution < -0.4 is 11.5 Å². The number of sulfone groups is 1. The summed E-state index contributed by atoms with van der Waals surface area (Å²) in [7, 11) is -3.60. The first-order valence-corrected chi connectivity index (χ1v) is 6.63. The number of nitrogens with zero attached hydrogens (tertiary/aromatic N) is 1. The van der Waals surface area contributed by atoms with Crippen LogP contribution in [0.4, 0.5) is 10.9 Å². The summed E-state index contributed by atoms with van der Waals surface area (Å²) in [5, 5.41) is 0.145. The number of rotatable bonds is 2. The Morgan fingerprint density at radius 2 is 1.75 bits per heavy atom. The van der Waals surface area contributed by atoms with Gasteiger partial charge in [-0.05, 0) is 12.1 Å². The van der Waals surface area contributed by atoms with Gasteiger partial charge in [-0.3, -0.25) is 0 Å². The molecule has 2 rings (SSSR count). The third-order valence-electron chi connectivity index (χ3n) is 1.93. The lowest BCUT2D eigenvalue weighted by Gasteiger charge is -2.01. The van der Waals surface area contributed by atoms with Gasteiger partial charge < -0.3 is 11.5 Å². The van der Waals surface area contributed by atoms with Crippen molar-refractivity contribution in [2.45, 2.75) is 9.10 Å². The number of hydrogen-bond acceptors (Lipinski definition) is 6. The Hall–Kier alpha value is -1.60. The number of aromatic nitrogens is 1. The van der Waals surface area contributed by atoms with E-state index in [0.717, 1.165) is 11.3 Å². The van der Waals surface area contributed by atoms with Crippen LogP contribution in [-0.2, 0) is 9.84 Å². The highest BCUT2D eigenvalue weighted by atomic mass is 32.2. The van der Waals surface area contributed by atoms with E-state index in [1.165, 1.54) is 12.1 Å². The lowest BCUT2D eigenvalue weighted by atomic mass is 10.4. The van der Waals surface area contributed by atoms with Gasteiger partial charge in [0.2, 0.25) is 9.84 Å². The van der Waals surface area contributed by atoms with Gasteiger partial charge in [0, 0.05) is 0 Å². The van der Waals surface area contributed by atoms with E-state index in [2.05, 4.69) is 4.98 Å². The van der Waals surface area contributed by atoms with Gasteiger partial charge in [0.25, 0.3) is 0 Å². The van der Waals surface area contributed by atoms with Crippen molar-refractivity contribution in [1.29, 1.82) is 0 Å². The van der Waals surface area contributed by atoms with Crippen LogP contribution in [0.3, 0.4) is 0 Å². The fraction of sp³-hybridized carbons (Fsp3) is 0. The molecule has 1 heterocycles. The first-order valence-electron chi connectivity index (χ1n) is 4.34. The van der Waals surface area contributed by atoms with E-state index in [-0.39, 0.29) is 20.1 Å². The highest BCUT2D eigenvalue weighted by molar-refractivity contribution is 7.93. The molecule has 84 valence electrons. The summed E-state index contributed by atoms with van der Waals surface area (Å²) in [6.45, 7) is 0. The normalized spacial score (nSPS) is 11.5. The van der Waals surface area contributed by atoms with Crippen LogP contribution in [0.2, 0.25) is 0 Å². The van der Waals surface area contributed by atoms with E-state index in [1.807, 2.05) is 0 Å². The molecule has 0 aliphatic rings. The lowest BCUT2D eigenvalue weighted by molar-refractivity contribution is 0.598. The second kappa shape index (κ2) is 3.76. The number of hydrogen-bond donors (Lipinski definition) is 2. The molecular formula is C9H9N3O2S2. The van der Waals surface area contributed by atoms with Crippen molar-refractivity contribution in [2.24, 2.45) is 0 Å². The summed E-state index contributed by atoms with van der Waals surface area (Å²) >= 11 is 0.870. The Kier molecular flexibility index (Phi) is 2.56. The molecule has 0 spiro atoms. The Balaban J connectivity index is 2.61. The average molecular weight is 255 g/mol. The Labute approximate surface area is 96.7 Å². The van der Waals surface area contributed by atoms with Crippen molar-refractivity contribution < 1.29 is 8.42 Å². The topological polar surface area (TPSA) is 99.1 Å². The molecule has 16 heavy (non-hydrogen) atoms. The zero-order chi connectivity index (χ0) is 11.8. The molecule has 1 aromatic carbocycles. The first kappa shape index (κ1) is 10.9. The maximum Gasteiger partial charge on any atom is 0.219 e. The van der Waals surface area contributed by atoms with Gasteiger partial charge in [0.15, 0.2) is 15.2 Å². The molecule has 0 aliphatic carbocycles. The van der Waals surface area contributed by atoms with Gasteiger partial charge >= 0.3 is 0 Å². The first-order chi connectivity index (χ1) is 7.51. The monoisotopic (exact) mass is 255 g/mol. The smallest absolute Gasteiger partial charge is 0.219 e. The van der Waals surface area contributed by atoms with Crippen molar-refractivity contribution in [1.82, 2.24) is 4.98 Å². The van der Waals surface area contributed by atoms with Crippen LogP contribution in [0.25, 0.3) is 0 Å². The molecule has 0 radical (unpaired) electrons. The molecule has 2 aromatic rings. The zero-order valence-corrected chi connectivity index (χ0v) is 9.75. The number of anilines is 2. The minimum atomic E-state index is -3.60. The lowest BCUT2D eigenvalue weighted by Crippen LogP contribution is -2.02. The Morgan fingerprint density at radius 1 is 1.12 bits per heavy atom. The van der Waals surface area contributed by atoms with E-state index < -0.39 is 9.84 Å². The van der Waals surface area contributed by atoms with Gasteiger partial charge in [-0.1, -0.05) is 29.5 Å². The summed E-state index contributed by atoms with van der Waals surface area (Å²) in [5.41, 5.74) is 10.9. The second-order valence-electron chi connectivity index (χ2n) is 3.04. The highest BCUT2D eigenvalue weighted by Gasteiger charge is 2.23. The third kappa shape index (κ3) is 1.74. The van der Waals surface area contributed by atoms with E-state index in [1.54, 1.807) is 18.2 Å². The number of nitrogens with two attached hydrogens (primary N) is 2. The largest absolute Gasteiger partial charge is 0.382 e. The SMILES string of the molecule is Nc1nc(N)c(S(=O)(=O)c2ccccc2)s1. The van der Waals surface area contributed by atoms with Crippen molar-refractivity contribution in [2.75, 3.05) is 11.5 Å². The van der Waals surface area contributed by atoms with Crippen molar-refractivity contribution in [3.8, 4) is 0 Å². The van der Waals surface area contributed by atoms with Crippen LogP contribution in [-0.4, -0.2) is 13.4 Å². The molecular weight excluding hydrogens is 246 g/mol. The molecule has 0 bridgehead atoms. The van der Waals surface area contributed by atoms with E-state index >= 15 is 0 Å². The average Bonchev–Trinajstić information content (AvgIpc) is 2.60. The van der Waals surface area contributed by atoms with Gasteiger partial charge in [-0.2, -0.15) is 0 Å². The highest BCUT2D eigenvalue weighted by Crippen LogP contribution is 2.32. The van der Waals surface area contributed by atoms with Gasteiger partial charge in [0.1, 0.15) is 0 Å². The van der Waals surface area contributed by atoms with Crippen molar-refractivity contribution in [3.63, 3.8) is 0 Å². The molecule has 5 nitrogen and oxygen atoms in total. The minimum Gasteiger partial charge on any atom is -0.382 e. The zero-order valence-electron chi connectivity index (χ0n) is 8.12. The second-order valence-corrected chi connectivity index (χ2v) is 6.22. The third-order valence-corrected chi connectivity index (χ3v) is 5.13. The van der Waals surface area contributed by atoms with E-state index in [9.17, 15) is 8.42 Å². The summed E-state index contributed by atoms with van der Waals surface area (Å²) < 4.78 is 24.2. The predicted molar refractivity (Wildman–Crippen MR) is 62.8 cm³/mol. The molecule has 4 N–H and O–H groups in total. The molecule has 0 saturated carbocycles. The summed E-state index contributed by atoms with van der Waals surface area (Å²) in [5.74, 6) is -0.0497. The standard InChI is InChI=1S/C9H9N3O2S2/c10-7-8(15-9(11)12-7)16(13,14)6-4-2-1-3-5-6/h1-5H,10H2,(H2,11,12). The quantitative estimate of drug-likeness (QED) is 0.838. The molecule has 0 fully saturated rings.